The minimum Gasteiger partial charge on any atom is -0.493 e. The largest absolute Gasteiger partial charge is 0.493 e. The molecular formula is C14H15BN2O3. The molecule has 0 bridgehead atoms. The van der Waals surface area contributed by atoms with Gasteiger partial charge in [-0.05, 0) is 25.5 Å². The van der Waals surface area contributed by atoms with Crippen molar-refractivity contribution in [3.63, 3.8) is 0 Å². The summed E-state index contributed by atoms with van der Waals surface area (Å²) in [5, 5.41) is 36.5. The second kappa shape index (κ2) is 7.35. The summed E-state index contributed by atoms with van der Waals surface area (Å²) < 4.78 is 5.54. The molecule has 0 aliphatic carbocycles. The van der Waals surface area contributed by atoms with Gasteiger partial charge in [-0.25, -0.2) is 0 Å². The summed E-state index contributed by atoms with van der Waals surface area (Å²) in [6.07, 6.45) is 2.13. The third-order valence-corrected chi connectivity index (χ3v) is 2.56. The van der Waals surface area contributed by atoms with Crippen LogP contribution >= 0.6 is 0 Å². The Morgan fingerprint density at radius 1 is 1.35 bits per heavy atom. The molecule has 102 valence electrons. The highest BCUT2D eigenvalue weighted by Gasteiger charge is 2.20. The minimum absolute atomic E-state index is 0.0738. The molecule has 6 heteroatoms. The molecule has 0 radical (unpaired) electrons. The van der Waals surface area contributed by atoms with Crippen molar-refractivity contribution >= 4 is 18.7 Å². The first-order valence-corrected chi connectivity index (χ1v) is 6.18. The Balaban J connectivity index is 3.45. The number of ether oxygens (including phenoxy) is 1. The highest BCUT2D eigenvalue weighted by atomic mass is 16.5. The van der Waals surface area contributed by atoms with Gasteiger partial charge in [0, 0.05) is 11.0 Å². The van der Waals surface area contributed by atoms with Gasteiger partial charge in [0.1, 0.15) is 23.5 Å². The Morgan fingerprint density at radius 3 is 2.50 bits per heavy atom. The fourth-order valence-corrected chi connectivity index (χ4v) is 1.74. The van der Waals surface area contributed by atoms with Gasteiger partial charge in [-0.1, -0.05) is 18.6 Å². The number of allylic oxidation sites excluding steroid dienone is 1. The average Bonchev–Trinajstić information content (AvgIpc) is 2.42. The van der Waals surface area contributed by atoms with Crippen molar-refractivity contribution in [2.45, 2.75) is 20.3 Å². The fourth-order valence-electron chi connectivity index (χ4n) is 1.74. The van der Waals surface area contributed by atoms with Gasteiger partial charge >= 0.3 is 7.12 Å². The quantitative estimate of drug-likeness (QED) is 0.611. The van der Waals surface area contributed by atoms with Crippen LogP contribution in [0.3, 0.4) is 0 Å². The van der Waals surface area contributed by atoms with Gasteiger partial charge in [0.2, 0.25) is 0 Å². The molecule has 20 heavy (non-hydrogen) atoms. The number of hydrogen-bond donors (Lipinski definition) is 2. The Labute approximate surface area is 118 Å². The maximum absolute atomic E-state index is 9.43. The number of aryl methyl sites for hydroxylation is 1. The minimum atomic E-state index is -1.68. The van der Waals surface area contributed by atoms with E-state index in [1.807, 2.05) is 6.92 Å². The smallest absolute Gasteiger partial charge is 0.492 e. The van der Waals surface area contributed by atoms with Crippen LogP contribution in [-0.2, 0) is 0 Å². The first-order chi connectivity index (χ1) is 9.53. The van der Waals surface area contributed by atoms with Gasteiger partial charge < -0.3 is 14.8 Å². The molecule has 0 heterocycles. The van der Waals surface area contributed by atoms with Gasteiger partial charge in [0.05, 0.1) is 6.61 Å². The summed E-state index contributed by atoms with van der Waals surface area (Å²) in [5.74, 6) is 0.287. The van der Waals surface area contributed by atoms with Crippen molar-refractivity contribution in [1.82, 2.24) is 0 Å². The molecule has 0 amide bonds. The molecule has 0 unspecified atom stereocenters. The van der Waals surface area contributed by atoms with Crippen molar-refractivity contribution in [2.24, 2.45) is 0 Å². The van der Waals surface area contributed by atoms with Crippen LogP contribution in [0.15, 0.2) is 17.7 Å². The van der Waals surface area contributed by atoms with E-state index < -0.39 is 7.12 Å². The molecule has 1 aromatic carbocycles. The number of rotatable bonds is 5. The topological polar surface area (TPSA) is 97.3 Å². The van der Waals surface area contributed by atoms with Gasteiger partial charge in [0.15, 0.2) is 0 Å². The second-order valence-electron chi connectivity index (χ2n) is 4.28. The zero-order valence-electron chi connectivity index (χ0n) is 11.4. The second-order valence-corrected chi connectivity index (χ2v) is 4.28. The van der Waals surface area contributed by atoms with E-state index in [9.17, 15) is 10.0 Å². The van der Waals surface area contributed by atoms with E-state index in [0.29, 0.717) is 12.2 Å². The van der Waals surface area contributed by atoms with Crippen molar-refractivity contribution < 1.29 is 14.8 Å². The molecule has 5 nitrogen and oxygen atoms in total. The van der Waals surface area contributed by atoms with E-state index in [2.05, 4.69) is 0 Å². The Kier molecular flexibility index (Phi) is 5.80. The number of nitrogens with zero attached hydrogens (tertiary/aromatic N) is 2. The van der Waals surface area contributed by atoms with E-state index >= 15 is 0 Å². The van der Waals surface area contributed by atoms with Crippen molar-refractivity contribution in [3.05, 3.63) is 28.8 Å². The maximum atomic E-state index is 9.43. The summed E-state index contributed by atoms with van der Waals surface area (Å²) in [7, 11) is -1.68. The van der Waals surface area contributed by atoms with Crippen LogP contribution in [0.2, 0.25) is 0 Å². The van der Waals surface area contributed by atoms with E-state index in [-0.39, 0.29) is 16.8 Å². The highest BCUT2D eigenvalue weighted by molar-refractivity contribution is 6.59. The van der Waals surface area contributed by atoms with Crippen LogP contribution in [-0.4, -0.2) is 23.8 Å². The van der Waals surface area contributed by atoms with E-state index in [4.69, 9.17) is 15.3 Å². The van der Waals surface area contributed by atoms with E-state index in [1.165, 1.54) is 6.08 Å². The normalized spacial score (nSPS) is 9.30. The van der Waals surface area contributed by atoms with Crippen molar-refractivity contribution in [1.29, 1.82) is 10.5 Å². The van der Waals surface area contributed by atoms with Crippen LogP contribution in [0.4, 0.5) is 0 Å². The molecule has 0 aromatic heterocycles. The molecule has 0 spiro atoms. The molecular weight excluding hydrogens is 255 g/mol. The van der Waals surface area contributed by atoms with Crippen molar-refractivity contribution in [3.8, 4) is 17.9 Å². The third kappa shape index (κ3) is 3.86. The summed E-state index contributed by atoms with van der Waals surface area (Å²) >= 11 is 0. The van der Waals surface area contributed by atoms with E-state index in [0.717, 1.165) is 12.0 Å². The molecule has 0 saturated carbocycles. The highest BCUT2D eigenvalue weighted by Crippen LogP contribution is 2.22. The molecule has 1 rings (SSSR count). The summed E-state index contributed by atoms with van der Waals surface area (Å²) in [5.41, 5.74) is 1.41. The molecule has 2 N–H and O–H groups in total. The maximum Gasteiger partial charge on any atom is 0.492 e. The lowest BCUT2D eigenvalue weighted by Crippen LogP contribution is -2.32. The summed E-state index contributed by atoms with van der Waals surface area (Å²) in [6.45, 7) is 4.11. The standard InChI is InChI=1S/C14H15BN2O3/c1-3-4-20-14-12(7-11(8-16)9-17)5-10(2)6-13(14)15(18)19/h5-7,18-19H,3-4H2,1-2H3. The number of benzene rings is 1. The van der Waals surface area contributed by atoms with Gasteiger partial charge in [-0.2, -0.15) is 10.5 Å². The lowest BCUT2D eigenvalue weighted by Gasteiger charge is -2.15. The SMILES string of the molecule is CCCOc1c(C=C(C#N)C#N)cc(C)cc1B(O)O. The first-order valence-electron chi connectivity index (χ1n) is 6.18. The summed E-state index contributed by atoms with van der Waals surface area (Å²) in [6, 6.07) is 6.87. The third-order valence-electron chi connectivity index (χ3n) is 2.56. The molecule has 0 aliphatic rings. The predicted octanol–water partition coefficient (Wildman–Crippen LogP) is 0.894. The summed E-state index contributed by atoms with van der Waals surface area (Å²) in [4.78, 5) is 0. The molecule has 1 aromatic rings. The van der Waals surface area contributed by atoms with Gasteiger partial charge in [0.25, 0.3) is 0 Å². The van der Waals surface area contributed by atoms with Crippen LogP contribution in [0.5, 0.6) is 5.75 Å². The average molecular weight is 270 g/mol. The predicted molar refractivity (Wildman–Crippen MR) is 76.0 cm³/mol. The van der Waals surface area contributed by atoms with Crippen LogP contribution < -0.4 is 10.2 Å². The van der Waals surface area contributed by atoms with Crippen LogP contribution in [0.25, 0.3) is 6.08 Å². The molecule has 0 saturated heterocycles. The number of nitriles is 2. The lowest BCUT2D eigenvalue weighted by atomic mass is 9.77. The zero-order chi connectivity index (χ0) is 15.1. The molecule has 0 atom stereocenters. The zero-order valence-corrected chi connectivity index (χ0v) is 11.4. The number of hydrogen-bond acceptors (Lipinski definition) is 5. The lowest BCUT2D eigenvalue weighted by molar-refractivity contribution is 0.317. The molecule has 0 aliphatic heterocycles. The Hall–Kier alpha value is -2.28. The van der Waals surface area contributed by atoms with Crippen LogP contribution in [0.1, 0.15) is 24.5 Å². The fraction of sp³-hybridized carbons (Fsp3) is 0.286. The Bertz CT molecular complexity index is 582. The van der Waals surface area contributed by atoms with Crippen LogP contribution in [0, 0.1) is 29.6 Å². The monoisotopic (exact) mass is 270 g/mol. The first kappa shape index (κ1) is 15.8. The van der Waals surface area contributed by atoms with E-state index in [1.54, 1.807) is 31.2 Å². The Morgan fingerprint density at radius 2 is 2.00 bits per heavy atom. The van der Waals surface area contributed by atoms with Crippen molar-refractivity contribution in [2.75, 3.05) is 6.61 Å². The molecule has 0 fully saturated rings. The van der Waals surface area contributed by atoms with Gasteiger partial charge in [-0.15, -0.1) is 0 Å². The van der Waals surface area contributed by atoms with Gasteiger partial charge in [-0.3, -0.25) is 0 Å².